The highest BCUT2D eigenvalue weighted by Crippen LogP contribution is 2.61. The topological polar surface area (TPSA) is 314 Å². The van der Waals surface area contributed by atoms with E-state index in [1.165, 1.54) is 13.8 Å². The number of rotatable bonds is 26. The van der Waals surface area contributed by atoms with Crippen molar-refractivity contribution in [1.29, 1.82) is 0 Å². The minimum Gasteiger partial charge on any atom is -0.489 e. The molecule has 0 unspecified atom stereocenters. The zero-order chi connectivity index (χ0) is 63.4. The second kappa shape index (κ2) is 28.0. The van der Waals surface area contributed by atoms with Gasteiger partial charge in [-0.25, -0.2) is 4.79 Å². The molecule has 1 aliphatic carbocycles. The smallest absolute Gasteiger partial charge is 0.420 e. The Labute approximate surface area is 477 Å². The third-order valence-corrected chi connectivity index (χ3v) is 12.1. The molecular weight excluding hydrogens is 1160 g/mol. The SMILES string of the molecule is CC(=O)OCOC(=O)CN(CCOCCOc1cc2c(cc1N(CC(=O)OCOC(C)=O)CC(=O)OCOC(C)=O)C(=O)OC21c2cc(C(F)(F)F)c(OC(C)=O)cc2C(C)(C)c2cc(OC(C)=O)c(C(F)(F)F)cc21)CC(=O)OCOC(C)=O. The lowest BCUT2D eigenvalue weighted by Gasteiger charge is -2.45. The Bertz CT molecular complexity index is 2970. The minimum absolute atomic E-state index is 0.240. The van der Waals surface area contributed by atoms with E-state index in [0.717, 1.165) is 75.6 Å². The first-order chi connectivity index (χ1) is 39.6. The monoisotopic (exact) mass is 1220 g/mol. The number of benzene rings is 3. The summed E-state index contributed by atoms with van der Waals surface area (Å²) in [5, 5.41) is 0. The molecule has 3 aromatic carbocycles. The van der Waals surface area contributed by atoms with Crippen LogP contribution in [-0.4, -0.2) is 150 Å². The molecule has 1 spiro atoms. The van der Waals surface area contributed by atoms with Crippen molar-refractivity contribution in [3.05, 3.63) is 80.9 Å². The summed E-state index contributed by atoms with van der Waals surface area (Å²) < 4.78 is 158. The molecule has 0 saturated carbocycles. The van der Waals surface area contributed by atoms with E-state index >= 15 is 26.3 Å². The van der Waals surface area contributed by atoms with Gasteiger partial charge in [0.25, 0.3) is 0 Å². The molecule has 0 fully saturated rings. The van der Waals surface area contributed by atoms with Gasteiger partial charge in [-0.15, -0.1) is 0 Å². The fourth-order valence-electron chi connectivity index (χ4n) is 8.55. The molecule has 1 aliphatic heterocycles. The zero-order valence-electron chi connectivity index (χ0n) is 46.4. The molecule has 5 rings (SSSR count). The lowest BCUT2D eigenvalue weighted by Crippen LogP contribution is -2.42. The van der Waals surface area contributed by atoms with Gasteiger partial charge in [-0.3, -0.25) is 52.8 Å². The Morgan fingerprint density at radius 1 is 0.471 bits per heavy atom. The van der Waals surface area contributed by atoms with Gasteiger partial charge in [0, 0.05) is 70.2 Å². The molecule has 85 heavy (non-hydrogen) atoms. The van der Waals surface area contributed by atoms with Crippen molar-refractivity contribution < 1.29 is 141 Å². The summed E-state index contributed by atoms with van der Waals surface area (Å²) in [5.74, 6) is -14.4. The normalized spacial score (nSPS) is 13.4. The number of alkyl halides is 6. The van der Waals surface area contributed by atoms with E-state index in [-0.39, 0.29) is 24.3 Å². The predicted octanol–water partition coefficient (Wildman–Crippen LogP) is 4.44. The Morgan fingerprint density at radius 2 is 0.859 bits per heavy atom. The zero-order valence-corrected chi connectivity index (χ0v) is 46.4. The van der Waals surface area contributed by atoms with Crippen LogP contribution >= 0.6 is 0 Å². The molecule has 462 valence electrons. The highest BCUT2D eigenvalue weighted by Gasteiger charge is 2.58. The van der Waals surface area contributed by atoms with Crippen LogP contribution in [0.15, 0.2) is 36.4 Å². The number of anilines is 1. The molecule has 0 amide bonds. The molecule has 3 aromatic rings. The number of nitrogens with zero attached hydrogens (tertiary/aromatic N) is 2. The van der Waals surface area contributed by atoms with Gasteiger partial charge in [0.1, 0.15) is 36.9 Å². The Hall–Kier alpha value is -9.07. The third-order valence-electron chi connectivity index (χ3n) is 12.1. The second-order valence-corrected chi connectivity index (χ2v) is 18.6. The van der Waals surface area contributed by atoms with Crippen molar-refractivity contribution in [2.45, 2.75) is 78.8 Å². The highest BCUT2D eigenvalue weighted by molar-refractivity contribution is 5.99. The standard InChI is InChI=1S/C53H54F6N2O24/c1-27(62)75-23-79-45(68)19-60(20-46(69)80-24-76-28(2)63)9-10-73-11-12-74-44-16-34-33(13-41(44)61(21-47(70)81-25-77-29(3)64)22-48(71)82-26-78-30(4)65)49(72)85-51(34)37-14-39(52(54,55)56)42(83-31(5)66)17-35(37)50(7,8)36-18-43(84-32(6)67)40(15-38(36)51)53(57,58)59/h13-18H,9-12,19-26H2,1-8H3. The van der Waals surface area contributed by atoms with Gasteiger partial charge in [-0.1, -0.05) is 13.8 Å². The Balaban J connectivity index is 1.73. The van der Waals surface area contributed by atoms with Crippen LogP contribution < -0.4 is 19.1 Å². The second-order valence-electron chi connectivity index (χ2n) is 18.6. The van der Waals surface area contributed by atoms with Crippen LogP contribution in [0.3, 0.4) is 0 Å². The molecule has 0 N–H and O–H groups in total. The van der Waals surface area contributed by atoms with Gasteiger partial charge >= 0.3 is 78.0 Å². The average molecular weight is 1220 g/mol. The molecule has 0 atom stereocenters. The lowest BCUT2D eigenvalue weighted by atomic mass is 9.61. The molecular formula is C53H54F6N2O24. The van der Waals surface area contributed by atoms with Gasteiger partial charge in [0.05, 0.1) is 48.7 Å². The number of ether oxygens (including phenoxy) is 13. The van der Waals surface area contributed by atoms with Crippen molar-refractivity contribution in [2.75, 3.05) is 84.6 Å². The molecule has 26 nitrogen and oxygen atoms in total. The predicted molar refractivity (Wildman–Crippen MR) is 265 cm³/mol. The number of carbonyl (C=O) groups excluding carboxylic acids is 11. The summed E-state index contributed by atoms with van der Waals surface area (Å²) in [4.78, 5) is 139. The molecule has 0 aromatic heterocycles. The van der Waals surface area contributed by atoms with Gasteiger partial charge < -0.3 is 66.5 Å². The van der Waals surface area contributed by atoms with Crippen LogP contribution in [0.4, 0.5) is 32.0 Å². The first-order valence-corrected chi connectivity index (χ1v) is 24.8. The summed E-state index contributed by atoms with van der Waals surface area (Å²) in [6.45, 7) is -0.184. The van der Waals surface area contributed by atoms with Crippen LogP contribution in [-0.2, 0) is 119 Å². The fourth-order valence-corrected chi connectivity index (χ4v) is 8.55. The van der Waals surface area contributed by atoms with Crippen LogP contribution in [0.5, 0.6) is 17.2 Å². The van der Waals surface area contributed by atoms with E-state index in [4.69, 9.17) is 42.6 Å². The van der Waals surface area contributed by atoms with Crippen LogP contribution in [0.25, 0.3) is 0 Å². The average Bonchev–Trinajstić information content (AvgIpc) is 1.67. The van der Waals surface area contributed by atoms with Crippen molar-refractivity contribution in [3.63, 3.8) is 0 Å². The largest absolute Gasteiger partial charge is 0.489 e. The maximum absolute atomic E-state index is 15.2. The maximum Gasteiger partial charge on any atom is 0.420 e. The number of halogens is 6. The Kier molecular flexibility index (Phi) is 22.0. The van der Waals surface area contributed by atoms with Crippen LogP contribution in [0.2, 0.25) is 0 Å². The number of fused-ring (bicyclic) bond motifs is 6. The van der Waals surface area contributed by atoms with Crippen molar-refractivity contribution in [1.82, 2.24) is 4.90 Å². The molecule has 0 radical (unpaired) electrons. The highest BCUT2D eigenvalue weighted by atomic mass is 19.4. The van der Waals surface area contributed by atoms with E-state index in [1.54, 1.807) is 0 Å². The summed E-state index contributed by atoms with van der Waals surface area (Å²) >= 11 is 0. The van der Waals surface area contributed by atoms with E-state index < -0.39 is 212 Å². The van der Waals surface area contributed by atoms with Gasteiger partial charge in [-0.2, -0.15) is 26.3 Å². The number of hydrogen-bond donors (Lipinski definition) is 0. The quantitative estimate of drug-likeness (QED) is 0.0268. The lowest BCUT2D eigenvalue weighted by molar-refractivity contribution is -0.170. The Morgan fingerprint density at radius 3 is 1.24 bits per heavy atom. The van der Waals surface area contributed by atoms with Crippen molar-refractivity contribution in [2.24, 2.45) is 0 Å². The van der Waals surface area contributed by atoms with Crippen LogP contribution in [0, 0.1) is 0 Å². The molecule has 0 bridgehead atoms. The summed E-state index contributed by atoms with van der Waals surface area (Å²) in [6.07, 6.45) is -10.8. The van der Waals surface area contributed by atoms with Crippen molar-refractivity contribution in [3.8, 4) is 17.2 Å². The number of esters is 11. The van der Waals surface area contributed by atoms with Gasteiger partial charge in [-0.05, 0) is 47.5 Å². The molecule has 1 heterocycles. The summed E-state index contributed by atoms with van der Waals surface area (Å²) in [7, 11) is 0. The summed E-state index contributed by atoms with van der Waals surface area (Å²) in [5.41, 5.74) is -11.3. The van der Waals surface area contributed by atoms with E-state index in [9.17, 15) is 52.7 Å². The fraction of sp³-hybridized carbons (Fsp3) is 0.453. The number of carbonyl (C=O) groups is 11. The first kappa shape index (κ1) is 66.7. The van der Waals surface area contributed by atoms with E-state index in [0.29, 0.717) is 12.1 Å². The molecule has 32 heteroatoms. The summed E-state index contributed by atoms with van der Waals surface area (Å²) in [6, 6.07) is 4.24. The minimum atomic E-state index is -5.39. The number of hydrogen-bond acceptors (Lipinski definition) is 26. The van der Waals surface area contributed by atoms with Gasteiger partial charge in [0.15, 0.2) is 5.60 Å². The van der Waals surface area contributed by atoms with Crippen LogP contribution in [0.1, 0.15) is 105 Å². The third kappa shape index (κ3) is 17.5. The first-order valence-electron chi connectivity index (χ1n) is 24.8. The van der Waals surface area contributed by atoms with E-state index in [1.807, 2.05) is 0 Å². The molecule has 2 aliphatic rings. The van der Waals surface area contributed by atoms with E-state index in [2.05, 4.69) is 18.9 Å². The molecule has 0 saturated heterocycles. The van der Waals surface area contributed by atoms with Gasteiger partial charge in [0.2, 0.25) is 27.2 Å². The maximum atomic E-state index is 15.2. The van der Waals surface area contributed by atoms with Crippen molar-refractivity contribution >= 4 is 71.3 Å².